The highest BCUT2D eigenvalue weighted by atomic mass is 16.4. The second-order valence-corrected chi connectivity index (χ2v) is 6.39. The first-order chi connectivity index (χ1) is 10.6. The molecule has 1 aliphatic heterocycles. The van der Waals surface area contributed by atoms with Crippen molar-refractivity contribution in [2.24, 2.45) is 5.92 Å². The van der Waals surface area contributed by atoms with Crippen LogP contribution < -0.4 is 5.32 Å². The number of hydrogen-bond donors (Lipinski definition) is 2. The van der Waals surface area contributed by atoms with Gasteiger partial charge in [0.05, 0.1) is 5.92 Å². The van der Waals surface area contributed by atoms with Crippen LogP contribution in [0.1, 0.15) is 37.7 Å². The van der Waals surface area contributed by atoms with Crippen molar-refractivity contribution in [1.82, 2.24) is 10.2 Å². The maximum Gasteiger partial charge on any atom is 0.317 e. The van der Waals surface area contributed by atoms with E-state index in [0.29, 0.717) is 18.8 Å². The molecule has 0 spiro atoms. The highest BCUT2D eigenvalue weighted by Gasteiger charge is 2.39. The van der Waals surface area contributed by atoms with Crippen LogP contribution in [0.25, 0.3) is 0 Å². The number of carbonyl (C=O) groups excluding carboxylic acids is 1. The smallest absolute Gasteiger partial charge is 0.317 e. The average molecular weight is 302 g/mol. The maximum atomic E-state index is 12.4. The molecule has 1 heterocycles. The van der Waals surface area contributed by atoms with Gasteiger partial charge in [-0.3, -0.25) is 4.79 Å². The molecule has 1 aliphatic carbocycles. The quantitative estimate of drug-likeness (QED) is 0.901. The van der Waals surface area contributed by atoms with Gasteiger partial charge in [0.2, 0.25) is 0 Å². The van der Waals surface area contributed by atoms with Gasteiger partial charge in [-0.05, 0) is 31.7 Å². The molecule has 2 amide bonds. The highest BCUT2D eigenvalue weighted by molar-refractivity contribution is 5.77. The van der Waals surface area contributed by atoms with Gasteiger partial charge in [0.1, 0.15) is 0 Å². The van der Waals surface area contributed by atoms with Gasteiger partial charge in [0.25, 0.3) is 0 Å². The van der Waals surface area contributed by atoms with Crippen molar-refractivity contribution in [1.29, 1.82) is 0 Å². The van der Waals surface area contributed by atoms with Crippen LogP contribution in [0.5, 0.6) is 0 Å². The number of rotatable bonds is 3. The van der Waals surface area contributed by atoms with Crippen LogP contribution in [-0.2, 0) is 4.79 Å². The molecule has 5 heteroatoms. The van der Waals surface area contributed by atoms with Crippen LogP contribution in [0.3, 0.4) is 0 Å². The van der Waals surface area contributed by atoms with E-state index < -0.39 is 5.97 Å². The summed E-state index contributed by atoms with van der Waals surface area (Å²) in [6.07, 6.45) is 2.07. The fourth-order valence-corrected chi connectivity index (χ4v) is 3.57. The van der Waals surface area contributed by atoms with Crippen molar-refractivity contribution in [3.63, 3.8) is 0 Å². The Balaban J connectivity index is 1.55. The largest absolute Gasteiger partial charge is 0.481 e. The fourth-order valence-electron chi connectivity index (χ4n) is 3.57. The van der Waals surface area contributed by atoms with E-state index in [9.17, 15) is 9.59 Å². The van der Waals surface area contributed by atoms with Crippen LogP contribution in [-0.4, -0.2) is 40.6 Å². The molecule has 1 saturated carbocycles. The summed E-state index contributed by atoms with van der Waals surface area (Å²) in [4.78, 5) is 25.1. The van der Waals surface area contributed by atoms with Crippen LogP contribution in [0, 0.1) is 5.92 Å². The number of carbonyl (C=O) groups is 2. The van der Waals surface area contributed by atoms with Gasteiger partial charge in [0.15, 0.2) is 0 Å². The number of amides is 2. The van der Waals surface area contributed by atoms with E-state index in [-0.39, 0.29) is 24.0 Å². The molecule has 1 aromatic rings. The Kier molecular flexibility index (Phi) is 4.05. The molecule has 0 bridgehead atoms. The summed E-state index contributed by atoms with van der Waals surface area (Å²) < 4.78 is 0. The highest BCUT2D eigenvalue weighted by Crippen LogP contribution is 2.34. The first-order valence-corrected chi connectivity index (χ1v) is 7.91. The third-order valence-electron chi connectivity index (χ3n) is 5.06. The van der Waals surface area contributed by atoms with Gasteiger partial charge in [-0.15, -0.1) is 0 Å². The van der Waals surface area contributed by atoms with E-state index in [1.165, 1.54) is 5.56 Å². The molecule has 1 saturated heterocycles. The summed E-state index contributed by atoms with van der Waals surface area (Å²) in [6, 6.07) is 10.4. The molecule has 2 unspecified atom stereocenters. The van der Waals surface area contributed by atoms with E-state index in [0.717, 1.165) is 13.0 Å². The molecule has 2 N–H and O–H groups in total. The molecule has 5 nitrogen and oxygen atoms in total. The van der Waals surface area contributed by atoms with Gasteiger partial charge in [0, 0.05) is 24.5 Å². The van der Waals surface area contributed by atoms with Gasteiger partial charge in [-0.25, -0.2) is 4.79 Å². The minimum absolute atomic E-state index is 0.0107. The third kappa shape index (κ3) is 2.80. The van der Waals surface area contributed by atoms with E-state index in [2.05, 4.69) is 24.4 Å². The number of carboxylic acids is 1. The Morgan fingerprint density at radius 2 is 1.91 bits per heavy atom. The average Bonchev–Trinajstić information content (AvgIpc) is 2.84. The predicted molar refractivity (Wildman–Crippen MR) is 82.6 cm³/mol. The number of benzene rings is 1. The molecule has 1 aromatic carbocycles. The summed E-state index contributed by atoms with van der Waals surface area (Å²) in [6.45, 7) is 2.84. The van der Waals surface area contributed by atoms with Crippen molar-refractivity contribution < 1.29 is 14.7 Å². The Bertz CT molecular complexity index is 554. The lowest BCUT2D eigenvalue weighted by molar-refractivity contribution is -0.145. The van der Waals surface area contributed by atoms with Crippen molar-refractivity contribution in [2.75, 3.05) is 6.54 Å². The Labute approximate surface area is 130 Å². The Hall–Kier alpha value is -2.04. The number of likely N-dealkylation sites (tertiary alicyclic amines) is 1. The number of carboxylic acid groups (broad SMARTS) is 1. The topological polar surface area (TPSA) is 69.6 Å². The number of hydrogen-bond acceptors (Lipinski definition) is 2. The van der Waals surface area contributed by atoms with Crippen molar-refractivity contribution >= 4 is 12.0 Å². The fraction of sp³-hybridized carbons (Fsp3) is 0.529. The standard InChI is InChI=1S/C17H22N2O3/c1-11-15(12-5-3-2-4-6-12)7-8-19(11)17(22)18-14-9-13(10-14)16(20)21/h2-6,11,13-15H,7-10H2,1H3,(H,18,22)(H,20,21). The normalized spacial score (nSPS) is 30.7. The Morgan fingerprint density at radius 3 is 2.55 bits per heavy atom. The number of urea groups is 1. The minimum atomic E-state index is -0.760. The second-order valence-electron chi connectivity index (χ2n) is 6.39. The van der Waals surface area contributed by atoms with Gasteiger partial charge in [-0.2, -0.15) is 0 Å². The van der Waals surface area contributed by atoms with E-state index in [4.69, 9.17) is 5.11 Å². The first kappa shape index (κ1) is 14.9. The number of nitrogens with zero attached hydrogens (tertiary/aromatic N) is 1. The van der Waals surface area contributed by atoms with Crippen molar-refractivity contribution in [3.05, 3.63) is 35.9 Å². The van der Waals surface area contributed by atoms with Crippen LogP contribution >= 0.6 is 0 Å². The predicted octanol–water partition coefficient (Wildman–Crippen LogP) is 2.44. The van der Waals surface area contributed by atoms with E-state index >= 15 is 0 Å². The minimum Gasteiger partial charge on any atom is -0.481 e. The van der Waals surface area contributed by atoms with Crippen LogP contribution in [0.4, 0.5) is 4.79 Å². The summed E-state index contributed by atoms with van der Waals surface area (Å²) >= 11 is 0. The lowest BCUT2D eigenvalue weighted by atomic mass is 9.80. The number of aliphatic carboxylic acids is 1. The van der Waals surface area contributed by atoms with Gasteiger partial charge in [-0.1, -0.05) is 30.3 Å². The molecular weight excluding hydrogens is 280 g/mol. The van der Waals surface area contributed by atoms with Crippen molar-refractivity contribution in [3.8, 4) is 0 Å². The zero-order chi connectivity index (χ0) is 15.7. The monoisotopic (exact) mass is 302 g/mol. The van der Waals surface area contributed by atoms with Crippen molar-refractivity contribution in [2.45, 2.75) is 44.2 Å². The van der Waals surface area contributed by atoms with Gasteiger partial charge >= 0.3 is 12.0 Å². The van der Waals surface area contributed by atoms with Crippen LogP contribution in [0.2, 0.25) is 0 Å². The molecule has 118 valence electrons. The lowest BCUT2D eigenvalue weighted by Crippen LogP contribution is -2.52. The van der Waals surface area contributed by atoms with Gasteiger partial charge < -0.3 is 15.3 Å². The zero-order valence-electron chi connectivity index (χ0n) is 12.7. The summed E-state index contributed by atoms with van der Waals surface area (Å²) in [7, 11) is 0. The number of nitrogens with one attached hydrogen (secondary N) is 1. The third-order valence-corrected chi connectivity index (χ3v) is 5.06. The van der Waals surface area contributed by atoms with Crippen LogP contribution in [0.15, 0.2) is 30.3 Å². The molecule has 0 aromatic heterocycles. The lowest BCUT2D eigenvalue weighted by Gasteiger charge is -2.35. The molecule has 2 aliphatic rings. The van der Waals surface area contributed by atoms with E-state index in [1.807, 2.05) is 23.1 Å². The molecule has 22 heavy (non-hydrogen) atoms. The maximum absolute atomic E-state index is 12.4. The molecular formula is C17H22N2O3. The summed E-state index contributed by atoms with van der Waals surface area (Å²) in [5.41, 5.74) is 1.28. The van der Waals surface area contributed by atoms with E-state index in [1.54, 1.807) is 0 Å². The molecule has 3 rings (SSSR count). The Morgan fingerprint density at radius 1 is 1.23 bits per heavy atom. The second kappa shape index (κ2) is 5.99. The first-order valence-electron chi connectivity index (χ1n) is 7.91. The summed E-state index contributed by atoms with van der Waals surface area (Å²) in [5, 5.41) is 11.8. The zero-order valence-corrected chi connectivity index (χ0v) is 12.7. The summed E-state index contributed by atoms with van der Waals surface area (Å²) in [5.74, 6) is -0.678. The molecule has 2 fully saturated rings. The molecule has 0 radical (unpaired) electrons. The molecule has 2 atom stereocenters. The SMILES string of the molecule is CC1C(c2ccccc2)CCN1C(=O)NC1CC(C(=O)O)C1.